The molecule has 0 atom stereocenters. The van der Waals surface area contributed by atoms with E-state index in [4.69, 9.17) is 16.0 Å². The van der Waals surface area contributed by atoms with Crippen molar-refractivity contribution >= 4 is 45.3 Å². The molecule has 4 rings (SSSR count). The Morgan fingerprint density at radius 1 is 0.953 bits per heavy atom. The van der Waals surface area contributed by atoms with Gasteiger partial charge in [0, 0.05) is 12.2 Å². The lowest BCUT2D eigenvalue weighted by Gasteiger charge is -2.21. The Bertz CT molecular complexity index is 1740. The average Bonchev–Trinajstić information content (AvgIpc) is 3.41. The molecule has 9 nitrogen and oxygen atoms in total. The van der Waals surface area contributed by atoms with Crippen LogP contribution in [0.2, 0.25) is 5.02 Å². The molecule has 0 aliphatic carbocycles. The first kappa shape index (κ1) is 31.5. The summed E-state index contributed by atoms with van der Waals surface area (Å²) >= 11 is 5.56. The van der Waals surface area contributed by atoms with Crippen LogP contribution in [0.1, 0.15) is 28.2 Å². The first-order valence-electron chi connectivity index (χ1n) is 12.5. The van der Waals surface area contributed by atoms with Gasteiger partial charge < -0.3 is 9.73 Å². The summed E-state index contributed by atoms with van der Waals surface area (Å²) in [6.45, 7) is 1.81. The van der Waals surface area contributed by atoms with E-state index in [0.717, 1.165) is 29.5 Å². The lowest BCUT2D eigenvalue weighted by atomic mass is 10.2. The smallest absolute Gasteiger partial charge is 0.417 e. The van der Waals surface area contributed by atoms with Crippen LogP contribution >= 0.6 is 11.6 Å². The van der Waals surface area contributed by atoms with Crippen molar-refractivity contribution in [3.05, 3.63) is 118 Å². The fraction of sp³-hybridized carbons (Fsp3) is 0.138. The Balaban J connectivity index is 1.42. The van der Waals surface area contributed by atoms with Gasteiger partial charge in [-0.3, -0.25) is 9.59 Å². The molecule has 2 amide bonds. The molecule has 14 heteroatoms. The molecular weight excluding hydrogens is 609 g/mol. The van der Waals surface area contributed by atoms with Gasteiger partial charge in [-0.15, -0.1) is 0 Å². The standard InChI is InChI=1S/C29H24ClF3N4O5S/c1-19-7-12-24(13-8-19)43(40,41)37(17-20-5-3-2-4-6-20)18-23-11-10-22(42-23)16-34-36-28(39)27(38)35-21-9-14-26(30)25(15-21)29(31,32)33/h2-16H,17-18H2,1H3,(H,35,38)(H,36,39)/b34-16+. The van der Waals surface area contributed by atoms with Gasteiger partial charge in [-0.25, -0.2) is 13.8 Å². The third kappa shape index (κ3) is 8.31. The van der Waals surface area contributed by atoms with Crippen LogP contribution in [-0.4, -0.2) is 30.8 Å². The number of aryl methyl sites for hydroxylation is 1. The third-order valence-electron chi connectivity index (χ3n) is 5.97. The molecule has 0 bridgehead atoms. The van der Waals surface area contributed by atoms with E-state index in [0.29, 0.717) is 6.07 Å². The number of benzene rings is 3. The van der Waals surface area contributed by atoms with E-state index >= 15 is 0 Å². The number of carbonyl (C=O) groups is 2. The molecule has 3 aromatic carbocycles. The van der Waals surface area contributed by atoms with Crippen molar-refractivity contribution in [2.45, 2.75) is 31.1 Å². The topological polar surface area (TPSA) is 121 Å². The summed E-state index contributed by atoms with van der Waals surface area (Å²) in [4.78, 5) is 24.3. The van der Waals surface area contributed by atoms with Gasteiger partial charge in [-0.1, -0.05) is 59.6 Å². The summed E-state index contributed by atoms with van der Waals surface area (Å²) in [7, 11) is -3.91. The molecule has 1 aromatic heterocycles. The van der Waals surface area contributed by atoms with E-state index in [1.165, 1.54) is 28.6 Å². The van der Waals surface area contributed by atoms with Crippen molar-refractivity contribution in [3.63, 3.8) is 0 Å². The number of hydrazone groups is 1. The second-order valence-corrected chi connectivity index (χ2v) is 11.6. The van der Waals surface area contributed by atoms with Crippen LogP contribution < -0.4 is 10.7 Å². The highest BCUT2D eigenvalue weighted by atomic mass is 35.5. The van der Waals surface area contributed by atoms with Crippen LogP contribution in [0.5, 0.6) is 0 Å². The number of alkyl halides is 3. The van der Waals surface area contributed by atoms with Crippen molar-refractivity contribution in [1.29, 1.82) is 0 Å². The van der Waals surface area contributed by atoms with Crippen molar-refractivity contribution in [1.82, 2.24) is 9.73 Å². The van der Waals surface area contributed by atoms with Crippen molar-refractivity contribution in [2.75, 3.05) is 5.32 Å². The Morgan fingerprint density at radius 3 is 2.33 bits per heavy atom. The number of furan rings is 1. The van der Waals surface area contributed by atoms with E-state index in [2.05, 4.69) is 5.10 Å². The molecule has 0 aliphatic rings. The molecule has 0 radical (unpaired) electrons. The van der Waals surface area contributed by atoms with Gasteiger partial charge >= 0.3 is 18.0 Å². The van der Waals surface area contributed by atoms with Gasteiger partial charge in [0.15, 0.2) is 0 Å². The molecule has 0 aliphatic heterocycles. The highest BCUT2D eigenvalue weighted by Crippen LogP contribution is 2.36. The number of nitrogens with zero attached hydrogens (tertiary/aromatic N) is 2. The maximum Gasteiger partial charge on any atom is 0.417 e. The minimum Gasteiger partial charge on any atom is -0.459 e. The van der Waals surface area contributed by atoms with Crippen LogP contribution in [0, 0.1) is 6.92 Å². The summed E-state index contributed by atoms with van der Waals surface area (Å²) in [6, 6.07) is 21.2. The first-order valence-corrected chi connectivity index (χ1v) is 14.4. The first-order chi connectivity index (χ1) is 20.3. The lowest BCUT2D eigenvalue weighted by molar-refractivity contribution is -0.137. The summed E-state index contributed by atoms with van der Waals surface area (Å²) in [6.07, 6.45) is -3.68. The number of halogens is 4. The molecule has 0 unspecified atom stereocenters. The number of carbonyl (C=O) groups excluding carboxylic acids is 2. The maximum absolute atomic E-state index is 13.5. The largest absolute Gasteiger partial charge is 0.459 e. The van der Waals surface area contributed by atoms with Gasteiger partial charge in [0.25, 0.3) is 0 Å². The molecule has 0 fully saturated rings. The van der Waals surface area contributed by atoms with Crippen molar-refractivity contribution < 1.29 is 35.6 Å². The average molecular weight is 633 g/mol. The van der Waals surface area contributed by atoms with Gasteiger partial charge in [-0.05, 0) is 55.0 Å². The predicted molar refractivity (Wildman–Crippen MR) is 154 cm³/mol. The Morgan fingerprint density at radius 2 is 1.65 bits per heavy atom. The summed E-state index contributed by atoms with van der Waals surface area (Å²) < 4.78 is 73.0. The van der Waals surface area contributed by atoms with Crippen LogP contribution in [0.15, 0.2) is 99.3 Å². The fourth-order valence-electron chi connectivity index (χ4n) is 3.81. The minimum atomic E-state index is -4.75. The van der Waals surface area contributed by atoms with Crippen molar-refractivity contribution in [2.24, 2.45) is 5.10 Å². The summed E-state index contributed by atoms with van der Waals surface area (Å²) in [5.41, 5.74) is 2.15. The highest BCUT2D eigenvalue weighted by Gasteiger charge is 2.33. The van der Waals surface area contributed by atoms with Gasteiger partial charge in [-0.2, -0.15) is 22.6 Å². The zero-order chi connectivity index (χ0) is 31.2. The van der Waals surface area contributed by atoms with Crippen molar-refractivity contribution in [3.8, 4) is 0 Å². The molecule has 43 heavy (non-hydrogen) atoms. The van der Waals surface area contributed by atoms with E-state index in [9.17, 15) is 31.2 Å². The molecular formula is C29H24ClF3N4O5S. The van der Waals surface area contributed by atoms with Gasteiger partial charge in [0.05, 0.1) is 28.2 Å². The zero-order valence-electron chi connectivity index (χ0n) is 22.4. The molecule has 0 spiro atoms. The van der Waals surface area contributed by atoms with E-state index < -0.39 is 38.6 Å². The second kappa shape index (κ2) is 13.2. The monoisotopic (exact) mass is 632 g/mol. The van der Waals surface area contributed by atoms with Gasteiger partial charge in [0.1, 0.15) is 11.5 Å². The molecule has 2 N–H and O–H groups in total. The Labute approximate surface area is 250 Å². The Hall–Kier alpha value is -4.46. The number of hydrogen-bond acceptors (Lipinski definition) is 6. The third-order valence-corrected chi connectivity index (χ3v) is 8.10. The number of sulfonamides is 1. The summed E-state index contributed by atoms with van der Waals surface area (Å²) in [5.74, 6) is -2.12. The molecule has 4 aromatic rings. The molecule has 1 heterocycles. The molecule has 0 saturated heterocycles. The van der Waals surface area contributed by atoms with Gasteiger partial charge in [0.2, 0.25) is 10.0 Å². The number of nitrogens with one attached hydrogen (secondary N) is 2. The van der Waals surface area contributed by atoms with E-state index in [1.54, 1.807) is 36.4 Å². The lowest BCUT2D eigenvalue weighted by Crippen LogP contribution is -2.32. The quantitative estimate of drug-likeness (QED) is 0.138. The zero-order valence-corrected chi connectivity index (χ0v) is 24.0. The molecule has 224 valence electrons. The summed E-state index contributed by atoms with van der Waals surface area (Å²) in [5, 5.41) is 5.10. The number of hydrogen-bond donors (Lipinski definition) is 2. The molecule has 0 saturated carbocycles. The van der Waals surface area contributed by atoms with E-state index in [1.807, 2.05) is 23.7 Å². The highest BCUT2D eigenvalue weighted by molar-refractivity contribution is 7.89. The number of anilines is 1. The number of rotatable bonds is 9. The van der Waals surface area contributed by atoms with Crippen LogP contribution in [0.25, 0.3) is 0 Å². The normalized spacial score (nSPS) is 12.0. The van der Waals surface area contributed by atoms with E-state index in [-0.39, 0.29) is 35.2 Å². The van der Waals surface area contributed by atoms with Crippen LogP contribution in [0.4, 0.5) is 18.9 Å². The Kier molecular flexibility index (Phi) is 9.69. The van der Waals surface area contributed by atoms with Crippen LogP contribution in [0.3, 0.4) is 0 Å². The second-order valence-electron chi connectivity index (χ2n) is 9.22. The minimum absolute atomic E-state index is 0.0738. The predicted octanol–water partition coefficient (Wildman–Crippen LogP) is 5.74. The van der Waals surface area contributed by atoms with Crippen LogP contribution in [-0.2, 0) is 38.9 Å². The fourth-order valence-corrected chi connectivity index (χ4v) is 5.43. The SMILES string of the molecule is Cc1ccc(S(=O)(=O)N(Cc2ccccc2)Cc2ccc(/C=N/NC(=O)C(=O)Nc3ccc(Cl)c(C(F)(F)F)c3)o2)cc1. The maximum atomic E-state index is 13.5. The number of amides is 2.